The number of piperidine rings is 1. The van der Waals surface area contributed by atoms with E-state index >= 15 is 0 Å². The molecule has 19 heavy (non-hydrogen) atoms. The summed E-state index contributed by atoms with van der Waals surface area (Å²) in [4.78, 5) is 7.19. The van der Waals surface area contributed by atoms with E-state index in [0.29, 0.717) is 6.42 Å². The molecule has 0 spiro atoms. The summed E-state index contributed by atoms with van der Waals surface area (Å²) < 4.78 is 0. The molecule has 0 radical (unpaired) electrons. The number of nitrogens with zero attached hydrogens (tertiary/aromatic N) is 2. The monoisotopic (exact) mass is 257 g/mol. The van der Waals surface area contributed by atoms with Crippen molar-refractivity contribution < 1.29 is 5.21 Å². The molecule has 3 rings (SSSR count). The van der Waals surface area contributed by atoms with Gasteiger partial charge in [-0.2, -0.15) is 0 Å². The Morgan fingerprint density at radius 3 is 2.89 bits per heavy atom. The van der Waals surface area contributed by atoms with E-state index in [1.165, 1.54) is 19.5 Å². The topological polar surface area (TPSA) is 48.4 Å². The highest BCUT2D eigenvalue weighted by Gasteiger charge is 2.45. The lowest BCUT2D eigenvalue weighted by Crippen LogP contribution is -2.23. The average molecular weight is 257 g/mol. The van der Waals surface area contributed by atoms with Gasteiger partial charge in [0.1, 0.15) is 5.82 Å². The Balaban J connectivity index is 1.76. The SMILES string of the molecule is CCc1nc(N2CC3CC3C2)ccc1CC#CNO. The average Bonchev–Trinajstić information content (AvgIpc) is 3.05. The first-order chi connectivity index (χ1) is 9.31. The van der Waals surface area contributed by atoms with Crippen LogP contribution in [0.15, 0.2) is 12.1 Å². The summed E-state index contributed by atoms with van der Waals surface area (Å²) >= 11 is 0. The zero-order valence-corrected chi connectivity index (χ0v) is 11.2. The van der Waals surface area contributed by atoms with E-state index in [4.69, 9.17) is 10.2 Å². The number of aryl methyl sites for hydroxylation is 1. The van der Waals surface area contributed by atoms with Crippen LogP contribution in [0.2, 0.25) is 0 Å². The number of pyridine rings is 1. The molecule has 2 unspecified atom stereocenters. The second kappa shape index (κ2) is 5.10. The molecule has 100 valence electrons. The van der Waals surface area contributed by atoms with Gasteiger partial charge in [-0.1, -0.05) is 18.9 Å². The molecule has 1 aliphatic heterocycles. The number of aromatic nitrogens is 1. The van der Waals surface area contributed by atoms with Crippen LogP contribution in [0.5, 0.6) is 0 Å². The minimum absolute atomic E-state index is 0.620. The highest BCUT2D eigenvalue weighted by molar-refractivity contribution is 5.45. The Morgan fingerprint density at radius 2 is 2.21 bits per heavy atom. The highest BCUT2D eigenvalue weighted by Crippen LogP contribution is 2.45. The van der Waals surface area contributed by atoms with Crippen molar-refractivity contribution in [1.29, 1.82) is 0 Å². The zero-order valence-electron chi connectivity index (χ0n) is 11.2. The van der Waals surface area contributed by atoms with Crippen LogP contribution in [-0.2, 0) is 12.8 Å². The molecule has 2 heterocycles. The Labute approximate surface area is 113 Å². The molecule has 4 nitrogen and oxygen atoms in total. The second-order valence-corrected chi connectivity index (χ2v) is 5.38. The molecule has 0 bridgehead atoms. The first kappa shape index (κ1) is 12.3. The van der Waals surface area contributed by atoms with Crippen molar-refractivity contribution in [1.82, 2.24) is 10.5 Å². The summed E-state index contributed by atoms with van der Waals surface area (Å²) in [5, 5.41) is 8.44. The fourth-order valence-corrected chi connectivity index (χ4v) is 2.93. The van der Waals surface area contributed by atoms with Crippen molar-refractivity contribution >= 4 is 5.82 Å². The largest absolute Gasteiger partial charge is 0.356 e. The molecule has 4 heteroatoms. The number of hydroxylamine groups is 1. The van der Waals surface area contributed by atoms with Gasteiger partial charge in [-0.25, -0.2) is 10.5 Å². The van der Waals surface area contributed by atoms with Crippen LogP contribution < -0.4 is 10.4 Å². The van der Waals surface area contributed by atoms with Crippen molar-refractivity contribution in [2.24, 2.45) is 11.8 Å². The predicted octanol–water partition coefficient (Wildman–Crippen LogP) is 1.58. The van der Waals surface area contributed by atoms with E-state index in [0.717, 1.165) is 35.3 Å². The fourth-order valence-electron chi connectivity index (χ4n) is 2.93. The molecule has 1 aromatic rings. The second-order valence-electron chi connectivity index (χ2n) is 5.38. The van der Waals surface area contributed by atoms with Gasteiger partial charge in [0.2, 0.25) is 0 Å². The molecule has 2 aliphatic rings. The molecule has 2 N–H and O–H groups in total. The van der Waals surface area contributed by atoms with Crippen molar-refractivity contribution in [2.45, 2.75) is 26.2 Å². The van der Waals surface area contributed by atoms with Crippen molar-refractivity contribution in [3.8, 4) is 12.0 Å². The van der Waals surface area contributed by atoms with Gasteiger partial charge in [0, 0.05) is 31.2 Å². The lowest BCUT2D eigenvalue weighted by Gasteiger charge is -2.20. The van der Waals surface area contributed by atoms with E-state index < -0.39 is 0 Å². The summed E-state index contributed by atoms with van der Waals surface area (Å²) in [6, 6.07) is 6.67. The van der Waals surface area contributed by atoms with Crippen LogP contribution in [0.4, 0.5) is 5.82 Å². The summed E-state index contributed by atoms with van der Waals surface area (Å²) in [7, 11) is 0. The van der Waals surface area contributed by atoms with Gasteiger partial charge in [0.05, 0.1) is 0 Å². The quantitative estimate of drug-likeness (QED) is 0.490. The summed E-state index contributed by atoms with van der Waals surface area (Å²) in [5.74, 6) is 5.82. The van der Waals surface area contributed by atoms with Gasteiger partial charge in [0.15, 0.2) is 0 Å². The lowest BCUT2D eigenvalue weighted by atomic mass is 10.1. The third-order valence-electron chi connectivity index (χ3n) is 4.11. The number of hydrogen-bond acceptors (Lipinski definition) is 4. The van der Waals surface area contributed by atoms with E-state index in [2.05, 4.69) is 35.9 Å². The van der Waals surface area contributed by atoms with E-state index in [1.54, 1.807) is 0 Å². The highest BCUT2D eigenvalue weighted by atomic mass is 16.5. The molecule has 0 amide bonds. The van der Waals surface area contributed by atoms with E-state index in [1.807, 2.05) is 5.48 Å². The normalized spacial score (nSPS) is 23.6. The number of nitrogens with one attached hydrogen (secondary N) is 1. The first-order valence-corrected chi connectivity index (χ1v) is 6.92. The predicted molar refractivity (Wildman–Crippen MR) is 73.8 cm³/mol. The maximum absolute atomic E-state index is 8.44. The summed E-state index contributed by atoms with van der Waals surface area (Å²) in [5.41, 5.74) is 4.12. The molecule has 1 aliphatic carbocycles. The maximum Gasteiger partial charge on any atom is 0.128 e. The minimum Gasteiger partial charge on any atom is -0.356 e. The summed E-state index contributed by atoms with van der Waals surface area (Å²) in [6.45, 7) is 4.47. The smallest absolute Gasteiger partial charge is 0.128 e. The van der Waals surface area contributed by atoms with Crippen LogP contribution in [0.25, 0.3) is 0 Å². The fraction of sp³-hybridized carbons (Fsp3) is 0.533. The van der Waals surface area contributed by atoms with Gasteiger partial charge in [-0.05, 0) is 36.3 Å². The van der Waals surface area contributed by atoms with Crippen molar-refractivity contribution in [3.63, 3.8) is 0 Å². The molecule has 1 aromatic heterocycles. The third kappa shape index (κ3) is 2.52. The van der Waals surface area contributed by atoms with Crippen molar-refractivity contribution in [3.05, 3.63) is 23.4 Å². The number of fused-ring (bicyclic) bond motifs is 1. The Morgan fingerprint density at radius 1 is 1.42 bits per heavy atom. The molecular formula is C15H19N3O. The van der Waals surface area contributed by atoms with Crippen LogP contribution in [0, 0.1) is 23.8 Å². The van der Waals surface area contributed by atoms with Gasteiger partial charge in [-0.3, -0.25) is 5.21 Å². The van der Waals surface area contributed by atoms with Crippen molar-refractivity contribution in [2.75, 3.05) is 18.0 Å². The zero-order chi connectivity index (χ0) is 13.2. The van der Waals surface area contributed by atoms with Gasteiger partial charge < -0.3 is 4.90 Å². The number of rotatable bonds is 3. The minimum atomic E-state index is 0.620. The molecule has 1 saturated carbocycles. The molecule has 1 saturated heterocycles. The Hall–Kier alpha value is -1.73. The van der Waals surface area contributed by atoms with E-state index in [-0.39, 0.29) is 0 Å². The molecular weight excluding hydrogens is 238 g/mol. The Bertz CT molecular complexity index is 522. The van der Waals surface area contributed by atoms with Crippen LogP contribution in [-0.4, -0.2) is 23.3 Å². The standard InChI is InChI=1S/C15H19N3O/c1-2-14-11(4-3-7-16-19)5-6-15(17-14)18-9-12-8-13(12)10-18/h5-6,12-13,16,19H,2,4,8-10H2,1H3. The molecule has 2 atom stereocenters. The number of hydrogen-bond donors (Lipinski definition) is 2. The number of anilines is 1. The Kier molecular flexibility index (Phi) is 3.31. The van der Waals surface area contributed by atoms with Crippen LogP contribution in [0.1, 0.15) is 24.6 Å². The van der Waals surface area contributed by atoms with Gasteiger partial charge >= 0.3 is 0 Å². The lowest BCUT2D eigenvalue weighted by molar-refractivity contribution is 0.224. The van der Waals surface area contributed by atoms with Crippen LogP contribution >= 0.6 is 0 Å². The summed E-state index contributed by atoms with van der Waals surface area (Å²) in [6.07, 6.45) is 2.95. The van der Waals surface area contributed by atoms with Gasteiger partial charge in [0.25, 0.3) is 0 Å². The maximum atomic E-state index is 8.44. The van der Waals surface area contributed by atoms with Gasteiger partial charge in [-0.15, -0.1) is 0 Å². The van der Waals surface area contributed by atoms with E-state index in [9.17, 15) is 0 Å². The molecule has 2 fully saturated rings. The first-order valence-electron chi connectivity index (χ1n) is 6.92. The molecule has 0 aromatic carbocycles. The third-order valence-corrected chi connectivity index (χ3v) is 4.11. The van der Waals surface area contributed by atoms with Crippen LogP contribution in [0.3, 0.4) is 0 Å².